The molecule has 2 heterocycles. The zero-order chi connectivity index (χ0) is 26.0. The van der Waals surface area contributed by atoms with Gasteiger partial charge in [-0.05, 0) is 67.3 Å². The Balaban J connectivity index is 1.42. The van der Waals surface area contributed by atoms with Crippen molar-refractivity contribution in [3.8, 4) is 0 Å². The Labute approximate surface area is 221 Å². The molecule has 0 N–H and O–H groups in total. The number of hydrogen-bond donors (Lipinski definition) is 0. The van der Waals surface area contributed by atoms with Crippen molar-refractivity contribution in [1.82, 2.24) is 9.29 Å². The fourth-order valence-electron chi connectivity index (χ4n) is 4.41. The Morgan fingerprint density at radius 2 is 1.84 bits per heavy atom. The van der Waals surface area contributed by atoms with Crippen LogP contribution in [-0.4, -0.2) is 49.9 Å². The number of rotatable bonds is 8. The molecule has 4 aromatic rings. The molecule has 0 bridgehead atoms. The first kappa shape index (κ1) is 25.5. The van der Waals surface area contributed by atoms with Crippen LogP contribution in [0.1, 0.15) is 34.3 Å². The molecular formula is C28H29N3O4S2. The lowest BCUT2D eigenvalue weighted by molar-refractivity contribution is 0.0978. The maximum atomic E-state index is 13.7. The first-order valence-electron chi connectivity index (χ1n) is 12.2. The number of fused-ring (bicyclic) bond motifs is 1. The number of sulfonamides is 1. The predicted octanol–water partition coefficient (Wildman–Crippen LogP) is 5.25. The molecule has 1 atom stereocenters. The largest absolute Gasteiger partial charge is 0.377 e. The molecule has 1 unspecified atom stereocenters. The molecule has 1 fully saturated rings. The van der Waals surface area contributed by atoms with E-state index < -0.39 is 10.0 Å². The van der Waals surface area contributed by atoms with Crippen molar-refractivity contribution >= 4 is 42.6 Å². The average molecular weight is 536 g/mol. The third kappa shape index (κ3) is 5.60. The smallest absolute Gasteiger partial charge is 0.260 e. The second-order valence-corrected chi connectivity index (χ2v) is 12.3. The lowest BCUT2D eigenvalue weighted by Crippen LogP contribution is -2.34. The van der Waals surface area contributed by atoms with Crippen LogP contribution in [0.25, 0.3) is 10.2 Å². The summed E-state index contributed by atoms with van der Waals surface area (Å²) >= 11 is 1.47. The minimum absolute atomic E-state index is 0.0789. The van der Waals surface area contributed by atoms with Crippen LogP contribution in [0.3, 0.4) is 0 Å². The number of likely N-dealkylation sites (N-methyl/N-ethyl adjacent to an activating group) is 1. The van der Waals surface area contributed by atoms with Gasteiger partial charge in [0.1, 0.15) is 0 Å². The molecular weight excluding hydrogens is 506 g/mol. The molecule has 9 heteroatoms. The summed E-state index contributed by atoms with van der Waals surface area (Å²) in [5.74, 6) is -0.240. The van der Waals surface area contributed by atoms with Crippen molar-refractivity contribution in [2.24, 2.45) is 0 Å². The SMILES string of the molecule is Cc1ccc2nc(N(Cc3ccccc3)C(=O)c3ccc(S(=O)(=O)N(C)CC4CCCO4)cc3)sc2c1. The topological polar surface area (TPSA) is 79.8 Å². The lowest BCUT2D eigenvalue weighted by atomic mass is 10.1. The normalized spacial score (nSPS) is 15.9. The van der Waals surface area contributed by atoms with Crippen LogP contribution in [0.4, 0.5) is 5.13 Å². The number of carbonyl (C=O) groups excluding carboxylic acids is 1. The molecule has 1 aliphatic rings. The molecule has 5 rings (SSSR count). The molecule has 0 aliphatic carbocycles. The van der Waals surface area contributed by atoms with E-state index in [1.807, 2.05) is 49.4 Å². The molecule has 1 aromatic heterocycles. The van der Waals surface area contributed by atoms with Gasteiger partial charge >= 0.3 is 0 Å². The summed E-state index contributed by atoms with van der Waals surface area (Å²) < 4.78 is 34.1. The van der Waals surface area contributed by atoms with Crippen molar-refractivity contribution in [1.29, 1.82) is 0 Å². The summed E-state index contributed by atoms with van der Waals surface area (Å²) in [5, 5.41) is 0.599. The molecule has 7 nitrogen and oxygen atoms in total. The fourth-order valence-corrected chi connectivity index (χ4v) is 6.67. The number of amides is 1. The van der Waals surface area contributed by atoms with Crippen LogP contribution >= 0.6 is 11.3 Å². The highest BCUT2D eigenvalue weighted by molar-refractivity contribution is 7.89. The average Bonchev–Trinajstić information content (AvgIpc) is 3.57. The standard InChI is InChI=1S/C28H29N3O4S2/c1-20-10-15-25-26(17-20)36-28(29-25)31(18-21-7-4-3-5-8-21)27(32)22-11-13-24(14-12-22)37(33,34)30(2)19-23-9-6-16-35-23/h3-5,7-8,10-15,17,23H,6,9,16,18-19H2,1-2H3. The van der Waals surface area contributed by atoms with E-state index in [1.165, 1.54) is 27.8 Å². The van der Waals surface area contributed by atoms with Crippen molar-refractivity contribution in [2.75, 3.05) is 25.1 Å². The van der Waals surface area contributed by atoms with E-state index in [2.05, 4.69) is 6.07 Å². The summed E-state index contributed by atoms with van der Waals surface area (Å²) in [6.45, 7) is 3.36. The number of thiazole rings is 1. The molecule has 0 radical (unpaired) electrons. The van der Waals surface area contributed by atoms with E-state index in [4.69, 9.17) is 9.72 Å². The van der Waals surface area contributed by atoms with Crippen LogP contribution in [0.15, 0.2) is 77.7 Å². The van der Waals surface area contributed by atoms with Crippen molar-refractivity contribution < 1.29 is 17.9 Å². The van der Waals surface area contributed by atoms with Crippen LogP contribution < -0.4 is 4.90 Å². The van der Waals surface area contributed by atoms with Crippen LogP contribution in [0.5, 0.6) is 0 Å². The van der Waals surface area contributed by atoms with Gasteiger partial charge < -0.3 is 4.74 Å². The van der Waals surface area contributed by atoms with E-state index in [0.717, 1.165) is 34.2 Å². The number of aryl methyl sites for hydroxylation is 1. The number of aromatic nitrogens is 1. The summed E-state index contributed by atoms with van der Waals surface area (Å²) in [7, 11) is -2.13. The van der Waals surface area contributed by atoms with E-state index in [0.29, 0.717) is 30.4 Å². The minimum atomic E-state index is -3.69. The van der Waals surface area contributed by atoms with E-state index in [9.17, 15) is 13.2 Å². The Hall–Kier alpha value is -3.11. The number of carbonyl (C=O) groups is 1. The van der Waals surface area contributed by atoms with E-state index >= 15 is 0 Å². The van der Waals surface area contributed by atoms with Gasteiger partial charge in [0, 0.05) is 25.8 Å². The molecule has 1 aliphatic heterocycles. The molecule has 0 spiro atoms. The molecule has 192 valence electrons. The Morgan fingerprint density at radius 1 is 1.08 bits per heavy atom. The first-order valence-corrected chi connectivity index (χ1v) is 14.5. The highest BCUT2D eigenvalue weighted by Crippen LogP contribution is 2.32. The summed E-state index contributed by atoms with van der Waals surface area (Å²) in [5.41, 5.74) is 3.34. The van der Waals surface area contributed by atoms with Crippen molar-refractivity contribution in [3.05, 3.63) is 89.5 Å². The summed E-state index contributed by atoms with van der Waals surface area (Å²) in [6.07, 6.45) is 1.73. The fraction of sp³-hybridized carbons (Fsp3) is 0.286. The molecule has 1 saturated heterocycles. The molecule has 3 aromatic carbocycles. The third-order valence-corrected chi connectivity index (χ3v) is 9.37. The molecule has 0 saturated carbocycles. The summed E-state index contributed by atoms with van der Waals surface area (Å²) in [6, 6.07) is 21.9. The molecule has 37 heavy (non-hydrogen) atoms. The number of ether oxygens (including phenoxy) is 1. The maximum absolute atomic E-state index is 13.7. The number of benzene rings is 3. The van der Waals surface area contributed by atoms with Crippen LogP contribution in [-0.2, 0) is 21.3 Å². The van der Waals surface area contributed by atoms with Gasteiger partial charge in [-0.1, -0.05) is 47.7 Å². The van der Waals surface area contributed by atoms with Crippen LogP contribution in [0.2, 0.25) is 0 Å². The minimum Gasteiger partial charge on any atom is -0.377 e. The Bertz CT molecular complexity index is 1500. The van der Waals surface area contributed by atoms with Gasteiger partial charge in [0.05, 0.1) is 27.8 Å². The monoisotopic (exact) mass is 535 g/mol. The second-order valence-electron chi connectivity index (χ2n) is 9.29. The highest BCUT2D eigenvalue weighted by Gasteiger charge is 2.27. The van der Waals surface area contributed by atoms with Gasteiger partial charge in [0.25, 0.3) is 5.91 Å². The quantitative estimate of drug-likeness (QED) is 0.308. The van der Waals surface area contributed by atoms with Gasteiger partial charge in [-0.15, -0.1) is 0 Å². The van der Waals surface area contributed by atoms with Gasteiger partial charge in [-0.25, -0.2) is 13.4 Å². The third-order valence-electron chi connectivity index (χ3n) is 6.49. The first-order chi connectivity index (χ1) is 17.8. The van der Waals surface area contributed by atoms with Crippen LogP contribution in [0, 0.1) is 6.92 Å². The number of nitrogens with zero attached hydrogens (tertiary/aromatic N) is 3. The maximum Gasteiger partial charge on any atom is 0.260 e. The second kappa shape index (κ2) is 10.7. The van der Waals surface area contributed by atoms with Crippen molar-refractivity contribution in [2.45, 2.75) is 37.3 Å². The number of hydrogen-bond acceptors (Lipinski definition) is 6. The number of anilines is 1. The van der Waals surface area contributed by atoms with E-state index in [1.54, 1.807) is 24.1 Å². The predicted molar refractivity (Wildman–Crippen MR) is 147 cm³/mol. The zero-order valence-electron chi connectivity index (χ0n) is 20.8. The zero-order valence-corrected chi connectivity index (χ0v) is 22.5. The lowest BCUT2D eigenvalue weighted by Gasteiger charge is -2.22. The summed E-state index contributed by atoms with van der Waals surface area (Å²) in [4.78, 5) is 20.3. The van der Waals surface area contributed by atoms with E-state index in [-0.39, 0.29) is 16.9 Å². The van der Waals surface area contributed by atoms with Gasteiger partial charge in [-0.3, -0.25) is 9.69 Å². The Morgan fingerprint density at radius 3 is 2.54 bits per heavy atom. The Kier molecular flexibility index (Phi) is 7.39. The molecule has 1 amide bonds. The van der Waals surface area contributed by atoms with Gasteiger partial charge in [-0.2, -0.15) is 4.31 Å². The van der Waals surface area contributed by atoms with Gasteiger partial charge in [0.15, 0.2) is 5.13 Å². The highest BCUT2D eigenvalue weighted by atomic mass is 32.2. The van der Waals surface area contributed by atoms with Crippen molar-refractivity contribution in [3.63, 3.8) is 0 Å². The van der Waals surface area contributed by atoms with Gasteiger partial charge in [0.2, 0.25) is 10.0 Å².